The Morgan fingerprint density at radius 2 is 0.746 bits per heavy atom. The van der Waals surface area contributed by atoms with Crippen molar-refractivity contribution in [2.45, 2.75) is 0 Å². The van der Waals surface area contributed by atoms with Crippen LogP contribution >= 0.6 is 0 Å². The van der Waals surface area contributed by atoms with E-state index in [1.165, 1.54) is 0 Å². The number of para-hydroxylation sites is 1. The highest BCUT2D eigenvalue weighted by Gasteiger charge is 2.26. The summed E-state index contributed by atoms with van der Waals surface area (Å²) in [5.41, 5.74) is 14.7. The zero-order valence-corrected chi connectivity index (χ0v) is 34.2. The molecule has 0 aliphatic carbocycles. The summed E-state index contributed by atoms with van der Waals surface area (Å²) in [7, 11) is 48.9. The largest absolute Gasteiger partial charge is 0.310 e. The van der Waals surface area contributed by atoms with Gasteiger partial charge in [0.05, 0.1) is 16.7 Å². The Morgan fingerprint density at radius 3 is 1.37 bits per heavy atom. The fourth-order valence-electron chi connectivity index (χ4n) is 9.47. The Hall–Kier alpha value is -6.97. The second-order valence-corrected chi connectivity index (χ2v) is 16.0. The molecule has 0 fully saturated rings. The van der Waals surface area contributed by atoms with Crippen molar-refractivity contribution in [2.24, 2.45) is 0 Å². The molecular formula is C54H29B7N2. The Balaban J connectivity index is 1.19. The van der Waals surface area contributed by atoms with E-state index in [9.17, 15) is 0 Å². The van der Waals surface area contributed by atoms with Gasteiger partial charge in [-0.15, -0.1) is 10.9 Å². The molecule has 276 valence electrons. The van der Waals surface area contributed by atoms with Gasteiger partial charge >= 0.3 is 0 Å². The van der Waals surface area contributed by atoms with Crippen LogP contribution in [0.5, 0.6) is 0 Å². The van der Waals surface area contributed by atoms with E-state index in [4.69, 9.17) is 54.9 Å². The van der Waals surface area contributed by atoms with Crippen molar-refractivity contribution >= 4 is 137 Å². The molecule has 11 aromatic rings. The van der Waals surface area contributed by atoms with Crippen molar-refractivity contribution < 1.29 is 0 Å². The first-order chi connectivity index (χ1) is 30.7. The topological polar surface area (TPSA) is 9.86 Å². The summed E-state index contributed by atoms with van der Waals surface area (Å²) >= 11 is 0. The van der Waals surface area contributed by atoms with Crippen molar-refractivity contribution in [1.82, 2.24) is 9.13 Å². The number of benzene rings is 9. The van der Waals surface area contributed by atoms with Crippen LogP contribution in [0.1, 0.15) is 0 Å². The van der Waals surface area contributed by atoms with E-state index in [1.54, 1.807) is 0 Å². The average molecular weight is 782 g/mol. The third-order valence-electron chi connectivity index (χ3n) is 12.5. The van der Waals surface area contributed by atoms with Crippen LogP contribution in [-0.4, -0.2) is 64.1 Å². The Morgan fingerprint density at radius 1 is 0.302 bits per heavy atom. The summed E-state index contributed by atoms with van der Waals surface area (Å²) in [5, 5.41) is 3.22. The summed E-state index contributed by atoms with van der Waals surface area (Å²) < 4.78 is 4.28. The Bertz CT molecular complexity index is 3620. The van der Waals surface area contributed by atoms with Gasteiger partial charge in [-0.25, -0.2) is 0 Å². The number of nitrogens with zero attached hydrogens (tertiary/aromatic N) is 2. The number of hydrogen-bond donors (Lipinski definition) is 0. The molecule has 14 radical (unpaired) electrons. The second kappa shape index (κ2) is 15.1. The van der Waals surface area contributed by atoms with Gasteiger partial charge in [0.2, 0.25) is 0 Å². The van der Waals surface area contributed by atoms with Gasteiger partial charge in [-0.1, -0.05) is 161 Å². The normalized spacial score (nSPS) is 11.6. The summed E-state index contributed by atoms with van der Waals surface area (Å²) in [6, 6.07) is 60.5. The van der Waals surface area contributed by atoms with E-state index in [1.807, 2.05) is 59.2 Å². The zero-order valence-electron chi connectivity index (χ0n) is 34.2. The lowest BCUT2D eigenvalue weighted by Gasteiger charge is -2.20. The first-order valence-corrected chi connectivity index (χ1v) is 20.7. The minimum atomic E-state index is 0.173. The smallest absolute Gasteiger partial charge is 0.115 e. The van der Waals surface area contributed by atoms with Crippen LogP contribution in [-0.2, 0) is 0 Å². The van der Waals surface area contributed by atoms with Crippen LogP contribution < -0.4 is 38.2 Å². The maximum Gasteiger partial charge on any atom is 0.115 e. The highest BCUT2D eigenvalue weighted by molar-refractivity contribution is 6.69. The SMILES string of the molecule is [B]c1c([B])c([B])c2c(c1[B])c1c([B])c(-c3ccc4c(c3)c3cc(-c5ccccc5)ccc3n4-c3ccc(-c4ccccc4)cc3)c([B])c([B])c1n2-c1ccccc1-c1ccccc1. The van der Waals surface area contributed by atoms with Gasteiger partial charge in [0.15, 0.2) is 0 Å². The lowest BCUT2D eigenvalue weighted by Crippen LogP contribution is -2.48. The van der Waals surface area contributed by atoms with Crippen molar-refractivity contribution in [3.63, 3.8) is 0 Å². The predicted molar refractivity (Wildman–Crippen MR) is 275 cm³/mol. The van der Waals surface area contributed by atoms with E-state index < -0.39 is 0 Å². The lowest BCUT2D eigenvalue weighted by atomic mass is 9.64. The van der Waals surface area contributed by atoms with Crippen molar-refractivity contribution in [3.8, 4) is 55.9 Å². The molecule has 0 N–H and O–H groups in total. The standard InChI is InChI=1S/C54H29B7N2/c55-46-43(47(56)51(60)53-44(46)45-48(57)49(58)50(59)52(61)54(45)63(53)40-19-11-10-18-37(40)33-16-8-3-9-17-33)35-23-27-42-39(29-35)38-28-34(31-14-6-2-7-15-31)22-26-41(38)62(42)36-24-20-32(21-25-36)30-12-4-1-5-13-30/h1-29H. The third-order valence-corrected chi connectivity index (χ3v) is 12.5. The van der Waals surface area contributed by atoms with E-state index in [0.717, 1.165) is 72.1 Å². The number of rotatable bonds is 6. The summed E-state index contributed by atoms with van der Waals surface area (Å²) in [6.45, 7) is 0. The molecule has 0 amide bonds. The molecule has 2 nitrogen and oxygen atoms in total. The van der Waals surface area contributed by atoms with Crippen LogP contribution in [0.2, 0.25) is 0 Å². The quantitative estimate of drug-likeness (QED) is 0.181. The predicted octanol–water partition coefficient (Wildman–Crippen LogP) is 6.11. The maximum absolute atomic E-state index is 7.43. The van der Waals surface area contributed by atoms with Crippen LogP contribution in [0.4, 0.5) is 0 Å². The monoisotopic (exact) mass is 782 g/mol. The zero-order chi connectivity index (χ0) is 43.1. The molecule has 0 saturated carbocycles. The van der Waals surface area contributed by atoms with Crippen LogP contribution in [0.15, 0.2) is 176 Å². The van der Waals surface area contributed by atoms with Crippen molar-refractivity contribution in [1.29, 1.82) is 0 Å². The molecule has 0 unspecified atom stereocenters. The van der Waals surface area contributed by atoms with Gasteiger partial charge in [0.25, 0.3) is 0 Å². The molecule has 0 atom stereocenters. The molecule has 0 bridgehead atoms. The summed E-state index contributed by atoms with van der Waals surface area (Å²) in [5.74, 6) is 0. The van der Waals surface area contributed by atoms with Gasteiger partial charge in [-0.3, -0.25) is 0 Å². The highest BCUT2D eigenvalue weighted by atomic mass is 15.0. The van der Waals surface area contributed by atoms with Gasteiger partial charge in [-0.05, 0) is 86.8 Å². The van der Waals surface area contributed by atoms with E-state index in [-0.39, 0.29) is 21.9 Å². The second-order valence-electron chi connectivity index (χ2n) is 16.0. The first kappa shape index (κ1) is 38.9. The number of aromatic nitrogens is 2. The van der Waals surface area contributed by atoms with Crippen LogP contribution in [0.25, 0.3) is 99.5 Å². The molecule has 2 aromatic heterocycles. The fraction of sp³-hybridized carbons (Fsp3) is 0. The van der Waals surface area contributed by atoms with Gasteiger partial charge in [-0.2, -0.15) is 0 Å². The molecule has 0 spiro atoms. The average Bonchev–Trinajstić information content (AvgIpc) is 3.87. The van der Waals surface area contributed by atoms with Crippen LogP contribution in [0.3, 0.4) is 0 Å². The molecule has 0 aliphatic heterocycles. The van der Waals surface area contributed by atoms with E-state index in [2.05, 4.69) is 126 Å². The molecule has 2 heterocycles. The molecule has 0 saturated heterocycles. The van der Waals surface area contributed by atoms with Gasteiger partial charge < -0.3 is 9.13 Å². The van der Waals surface area contributed by atoms with Crippen LogP contribution in [0, 0.1) is 0 Å². The third kappa shape index (κ3) is 6.04. The van der Waals surface area contributed by atoms with Gasteiger partial charge in [0.1, 0.15) is 54.9 Å². The van der Waals surface area contributed by atoms with Crippen molar-refractivity contribution in [2.75, 3.05) is 0 Å². The van der Waals surface area contributed by atoms with Crippen molar-refractivity contribution in [3.05, 3.63) is 176 Å². The maximum atomic E-state index is 7.43. The van der Waals surface area contributed by atoms with E-state index in [0.29, 0.717) is 43.8 Å². The Labute approximate surface area is 375 Å². The fourth-order valence-corrected chi connectivity index (χ4v) is 9.47. The summed E-state index contributed by atoms with van der Waals surface area (Å²) in [4.78, 5) is 0. The first-order valence-electron chi connectivity index (χ1n) is 20.7. The minimum Gasteiger partial charge on any atom is -0.310 e. The van der Waals surface area contributed by atoms with Gasteiger partial charge in [0, 0.05) is 38.4 Å². The summed E-state index contributed by atoms with van der Waals surface area (Å²) in [6.07, 6.45) is 0. The Kier molecular flexibility index (Phi) is 9.35. The van der Waals surface area contributed by atoms with E-state index >= 15 is 0 Å². The molecule has 11 rings (SSSR count). The molecule has 9 aromatic carbocycles. The molecular weight excluding hydrogens is 752 g/mol. The minimum absolute atomic E-state index is 0.173. The molecule has 0 aliphatic rings. The number of hydrogen-bond acceptors (Lipinski definition) is 0. The number of fused-ring (bicyclic) bond motifs is 6. The highest BCUT2D eigenvalue weighted by Crippen LogP contribution is 2.39. The molecule has 63 heavy (non-hydrogen) atoms. The molecule has 9 heteroatoms. The lowest BCUT2D eigenvalue weighted by molar-refractivity contribution is 1.18.